The van der Waals surface area contributed by atoms with Crippen LogP contribution in [0.1, 0.15) is 69.4 Å². The van der Waals surface area contributed by atoms with Crippen LogP contribution in [-0.4, -0.2) is 29.1 Å². The number of phenols is 1. The normalized spacial score (nSPS) is 33.1. The number of nitrogens with zero attached hydrogens (tertiary/aromatic N) is 1. The van der Waals surface area contributed by atoms with Crippen LogP contribution in [0.4, 0.5) is 0 Å². The van der Waals surface area contributed by atoms with E-state index >= 15 is 0 Å². The highest BCUT2D eigenvalue weighted by molar-refractivity contribution is 5.45. The number of hydrogen-bond donors (Lipinski definition) is 1. The van der Waals surface area contributed by atoms with Gasteiger partial charge in [0.15, 0.2) is 0 Å². The van der Waals surface area contributed by atoms with Crippen molar-refractivity contribution in [2.75, 3.05) is 13.1 Å². The van der Waals surface area contributed by atoms with Gasteiger partial charge in [0.25, 0.3) is 0 Å². The molecule has 126 valence electrons. The lowest BCUT2D eigenvalue weighted by Gasteiger charge is -2.59. The standard InChI is InChI=1S/C21H31NO/c1-2-3-6-12-22-13-11-21-10-5-4-7-18(21)20(22)14-16-8-9-17(23)15-19(16)21/h8-9,15,18,20,23H,2-7,10-14H2,1H3/t18-,20+,21+/m0/s1. The summed E-state index contributed by atoms with van der Waals surface area (Å²) in [6, 6.07) is 6.96. The lowest BCUT2D eigenvalue weighted by atomic mass is 9.52. The van der Waals surface area contributed by atoms with Crippen LogP contribution in [0.25, 0.3) is 0 Å². The molecule has 2 bridgehead atoms. The fourth-order valence-corrected chi connectivity index (χ4v) is 5.92. The Hall–Kier alpha value is -1.02. The zero-order valence-corrected chi connectivity index (χ0v) is 14.6. The predicted octanol–water partition coefficient (Wildman–Crippen LogP) is 4.64. The second-order valence-corrected chi connectivity index (χ2v) is 8.11. The van der Waals surface area contributed by atoms with Gasteiger partial charge in [0.2, 0.25) is 0 Å². The number of unbranched alkanes of at least 4 members (excludes halogenated alkanes) is 2. The van der Waals surface area contributed by atoms with Gasteiger partial charge in [-0.1, -0.05) is 38.7 Å². The maximum atomic E-state index is 10.1. The number of hydrogen-bond acceptors (Lipinski definition) is 2. The van der Waals surface area contributed by atoms with Gasteiger partial charge < -0.3 is 5.11 Å². The van der Waals surface area contributed by atoms with Gasteiger partial charge in [0.1, 0.15) is 5.75 Å². The third-order valence-electron chi connectivity index (χ3n) is 6.98. The number of likely N-dealkylation sites (tertiary alicyclic amines) is 1. The van der Waals surface area contributed by atoms with Crippen molar-refractivity contribution in [1.82, 2.24) is 4.90 Å². The molecule has 2 nitrogen and oxygen atoms in total. The fourth-order valence-electron chi connectivity index (χ4n) is 5.92. The molecule has 0 aromatic heterocycles. The van der Waals surface area contributed by atoms with Gasteiger partial charge >= 0.3 is 0 Å². The van der Waals surface area contributed by atoms with Gasteiger partial charge in [-0.15, -0.1) is 0 Å². The minimum Gasteiger partial charge on any atom is -0.508 e. The lowest BCUT2D eigenvalue weighted by Crippen LogP contribution is -2.60. The quantitative estimate of drug-likeness (QED) is 0.819. The Morgan fingerprint density at radius 3 is 3.00 bits per heavy atom. The second kappa shape index (κ2) is 6.12. The summed E-state index contributed by atoms with van der Waals surface area (Å²) >= 11 is 0. The van der Waals surface area contributed by atoms with E-state index in [2.05, 4.69) is 24.0 Å². The highest BCUT2D eigenvalue weighted by atomic mass is 16.3. The molecule has 3 aliphatic rings. The summed E-state index contributed by atoms with van der Waals surface area (Å²) in [5, 5.41) is 10.1. The molecule has 2 fully saturated rings. The third kappa shape index (κ3) is 2.50. The molecule has 2 heteroatoms. The fraction of sp³-hybridized carbons (Fsp3) is 0.714. The number of rotatable bonds is 4. The first kappa shape index (κ1) is 15.5. The van der Waals surface area contributed by atoms with Crippen molar-refractivity contribution in [3.05, 3.63) is 29.3 Å². The topological polar surface area (TPSA) is 23.5 Å². The zero-order valence-electron chi connectivity index (χ0n) is 14.6. The summed E-state index contributed by atoms with van der Waals surface area (Å²) in [5.41, 5.74) is 3.40. The molecular weight excluding hydrogens is 282 g/mol. The van der Waals surface area contributed by atoms with Gasteiger partial charge in [-0.2, -0.15) is 0 Å². The molecule has 1 aliphatic heterocycles. The number of phenolic OH excluding ortho intramolecular Hbond substituents is 1. The van der Waals surface area contributed by atoms with Crippen molar-refractivity contribution >= 4 is 0 Å². The molecule has 2 aliphatic carbocycles. The number of fused-ring (bicyclic) bond motifs is 1. The van der Waals surface area contributed by atoms with E-state index in [1.54, 1.807) is 0 Å². The van der Waals surface area contributed by atoms with E-state index in [4.69, 9.17) is 0 Å². The number of aromatic hydroxyl groups is 1. The van der Waals surface area contributed by atoms with E-state index in [-0.39, 0.29) is 0 Å². The van der Waals surface area contributed by atoms with E-state index in [0.717, 1.165) is 12.0 Å². The van der Waals surface area contributed by atoms with Crippen LogP contribution in [-0.2, 0) is 11.8 Å². The number of piperidine rings is 1. The SMILES string of the molecule is CCCCCN1CC[C@]23CCCC[C@H]2[C@H]1Cc1ccc(O)cc13. The highest BCUT2D eigenvalue weighted by Gasteiger charge is 2.53. The smallest absolute Gasteiger partial charge is 0.115 e. The Balaban J connectivity index is 1.68. The van der Waals surface area contributed by atoms with Crippen LogP contribution in [0.15, 0.2) is 18.2 Å². The van der Waals surface area contributed by atoms with Gasteiger partial charge in [0.05, 0.1) is 0 Å². The first-order valence-electron chi connectivity index (χ1n) is 9.81. The first-order valence-corrected chi connectivity index (χ1v) is 9.81. The average Bonchev–Trinajstić information content (AvgIpc) is 2.57. The summed E-state index contributed by atoms with van der Waals surface area (Å²) in [5.74, 6) is 1.28. The van der Waals surface area contributed by atoms with E-state index in [1.807, 2.05) is 6.07 Å². The number of benzene rings is 1. The largest absolute Gasteiger partial charge is 0.508 e. The summed E-state index contributed by atoms with van der Waals surface area (Å²) in [7, 11) is 0. The van der Waals surface area contributed by atoms with Gasteiger partial charge in [0, 0.05) is 11.5 Å². The molecular formula is C21H31NO. The molecule has 1 N–H and O–H groups in total. The molecule has 23 heavy (non-hydrogen) atoms. The van der Waals surface area contributed by atoms with Crippen molar-refractivity contribution in [2.45, 2.75) is 76.2 Å². The molecule has 0 unspecified atom stereocenters. The first-order chi connectivity index (χ1) is 11.2. The maximum Gasteiger partial charge on any atom is 0.115 e. The predicted molar refractivity (Wildman–Crippen MR) is 94.9 cm³/mol. The summed E-state index contributed by atoms with van der Waals surface area (Å²) in [4.78, 5) is 2.82. The van der Waals surface area contributed by atoms with Crippen molar-refractivity contribution in [1.29, 1.82) is 0 Å². The molecule has 4 rings (SSSR count). The Morgan fingerprint density at radius 2 is 2.13 bits per heavy atom. The Kier molecular flexibility index (Phi) is 4.13. The Labute approximate surface area is 140 Å². The molecule has 0 amide bonds. The van der Waals surface area contributed by atoms with Crippen molar-refractivity contribution in [3.63, 3.8) is 0 Å². The van der Waals surface area contributed by atoms with E-state index in [0.29, 0.717) is 11.2 Å². The molecule has 0 spiro atoms. The molecule has 1 aromatic carbocycles. The Morgan fingerprint density at radius 1 is 1.22 bits per heavy atom. The van der Waals surface area contributed by atoms with E-state index < -0.39 is 0 Å². The Bertz CT molecular complexity index is 569. The van der Waals surface area contributed by atoms with E-state index in [1.165, 1.54) is 82.0 Å². The van der Waals surface area contributed by atoms with Crippen molar-refractivity contribution in [3.8, 4) is 5.75 Å². The monoisotopic (exact) mass is 313 g/mol. The third-order valence-corrected chi connectivity index (χ3v) is 6.98. The van der Waals surface area contributed by atoms with Crippen LogP contribution in [0.2, 0.25) is 0 Å². The van der Waals surface area contributed by atoms with E-state index in [9.17, 15) is 5.11 Å². The highest BCUT2D eigenvalue weighted by Crippen LogP contribution is 2.56. The zero-order chi connectivity index (χ0) is 15.9. The van der Waals surface area contributed by atoms with Gasteiger partial charge in [-0.3, -0.25) is 4.90 Å². The van der Waals surface area contributed by atoms with Crippen LogP contribution in [0.3, 0.4) is 0 Å². The molecule has 1 saturated heterocycles. The molecule has 1 aromatic rings. The second-order valence-electron chi connectivity index (χ2n) is 8.11. The molecule has 1 heterocycles. The van der Waals surface area contributed by atoms with Gasteiger partial charge in [-0.05, 0) is 74.4 Å². The van der Waals surface area contributed by atoms with Crippen LogP contribution >= 0.6 is 0 Å². The molecule has 1 saturated carbocycles. The van der Waals surface area contributed by atoms with Crippen molar-refractivity contribution < 1.29 is 5.11 Å². The molecule has 0 radical (unpaired) electrons. The minimum absolute atomic E-state index is 0.372. The average molecular weight is 313 g/mol. The molecule has 3 atom stereocenters. The van der Waals surface area contributed by atoms with Crippen LogP contribution in [0, 0.1) is 5.92 Å². The summed E-state index contributed by atoms with van der Waals surface area (Å²) < 4.78 is 0. The maximum absolute atomic E-state index is 10.1. The van der Waals surface area contributed by atoms with Crippen LogP contribution in [0.5, 0.6) is 5.75 Å². The summed E-state index contributed by atoms with van der Waals surface area (Å²) in [6.45, 7) is 4.85. The lowest BCUT2D eigenvalue weighted by molar-refractivity contribution is -0.0119. The minimum atomic E-state index is 0.372. The van der Waals surface area contributed by atoms with Crippen molar-refractivity contribution in [2.24, 2.45) is 5.92 Å². The van der Waals surface area contributed by atoms with Crippen LogP contribution < -0.4 is 0 Å². The summed E-state index contributed by atoms with van der Waals surface area (Å²) in [6.07, 6.45) is 12.0. The van der Waals surface area contributed by atoms with Gasteiger partial charge in [-0.25, -0.2) is 0 Å².